The standard InChI is InChI=1S/C26H25F3N4O3/c1-16(2)31-25(36)30-15-17-9-11-18(12-10-17)23(34)32-21-7-3-5-19(13-21)24(35)33-22-8-4-6-20(14-22)26(27,28)29/h3-14,16H,15H2,1-2H3,(H,32,34)(H,33,35)(H2,30,31,36). The minimum absolute atomic E-state index is 0.000491. The smallest absolute Gasteiger partial charge is 0.336 e. The number of alkyl halides is 3. The van der Waals surface area contributed by atoms with E-state index >= 15 is 0 Å². The predicted molar refractivity (Wildman–Crippen MR) is 131 cm³/mol. The summed E-state index contributed by atoms with van der Waals surface area (Å²) >= 11 is 0. The monoisotopic (exact) mass is 498 g/mol. The lowest BCUT2D eigenvalue weighted by Gasteiger charge is -2.11. The van der Waals surface area contributed by atoms with E-state index in [1.54, 1.807) is 36.4 Å². The molecule has 3 rings (SSSR count). The van der Waals surface area contributed by atoms with Gasteiger partial charge in [-0.05, 0) is 67.9 Å². The number of hydrogen-bond donors (Lipinski definition) is 4. The summed E-state index contributed by atoms with van der Waals surface area (Å²) < 4.78 is 38.7. The average molecular weight is 499 g/mol. The molecule has 3 aromatic carbocycles. The van der Waals surface area contributed by atoms with Crippen molar-refractivity contribution >= 4 is 29.2 Å². The van der Waals surface area contributed by atoms with Crippen LogP contribution in [-0.4, -0.2) is 23.9 Å². The zero-order valence-electron chi connectivity index (χ0n) is 19.6. The van der Waals surface area contributed by atoms with Crippen molar-refractivity contribution in [2.45, 2.75) is 32.6 Å². The van der Waals surface area contributed by atoms with E-state index in [0.29, 0.717) is 17.8 Å². The topological polar surface area (TPSA) is 99.3 Å². The molecule has 36 heavy (non-hydrogen) atoms. The SMILES string of the molecule is CC(C)NC(=O)NCc1ccc(C(=O)Nc2cccc(C(=O)Nc3cccc(C(F)(F)F)c3)c2)cc1. The molecule has 0 atom stereocenters. The molecule has 3 aromatic rings. The highest BCUT2D eigenvalue weighted by Gasteiger charge is 2.30. The lowest BCUT2D eigenvalue weighted by molar-refractivity contribution is -0.137. The Balaban J connectivity index is 1.61. The number of urea groups is 1. The summed E-state index contributed by atoms with van der Waals surface area (Å²) in [5, 5.41) is 10.6. The van der Waals surface area contributed by atoms with Gasteiger partial charge in [0.05, 0.1) is 5.56 Å². The number of amides is 4. The molecule has 0 radical (unpaired) electrons. The number of nitrogens with one attached hydrogen (secondary N) is 4. The van der Waals surface area contributed by atoms with Crippen molar-refractivity contribution in [3.05, 3.63) is 95.1 Å². The van der Waals surface area contributed by atoms with E-state index in [9.17, 15) is 27.6 Å². The van der Waals surface area contributed by atoms with E-state index in [4.69, 9.17) is 0 Å². The van der Waals surface area contributed by atoms with Crippen LogP contribution in [0.5, 0.6) is 0 Å². The van der Waals surface area contributed by atoms with Crippen molar-refractivity contribution in [2.75, 3.05) is 10.6 Å². The summed E-state index contributed by atoms with van der Waals surface area (Å²) in [4.78, 5) is 36.8. The number of rotatable bonds is 7. The molecule has 10 heteroatoms. The molecule has 0 saturated carbocycles. The second-order valence-electron chi connectivity index (χ2n) is 8.25. The molecule has 0 aliphatic carbocycles. The third-order valence-electron chi connectivity index (χ3n) is 4.92. The minimum Gasteiger partial charge on any atom is -0.336 e. The number of halogens is 3. The average Bonchev–Trinajstić information content (AvgIpc) is 2.82. The zero-order valence-corrected chi connectivity index (χ0v) is 19.6. The van der Waals surface area contributed by atoms with E-state index in [0.717, 1.165) is 17.7 Å². The Morgan fingerprint density at radius 3 is 1.97 bits per heavy atom. The Morgan fingerprint density at radius 1 is 0.778 bits per heavy atom. The van der Waals surface area contributed by atoms with Crippen molar-refractivity contribution in [3.63, 3.8) is 0 Å². The van der Waals surface area contributed by atoms with Crippen LogP contribution in [0.1, 0.15) is 45.7 Å². The summed E-state index contributed by atoms with van der Waals surface area (Å²) in [6, 6.07) is 16.7. The Morgan fingerprint density at radius 2 is 1.36 bits per heavy atom. The third kappa shape index (κ3) is 7.59. The van der Waals surface area contributed by atoms with Gasteiger partial charge in [0.25, 0.3) is 11.8 Å². The van der Waals surface area contributed by atoms with Crippen molar-refractivity contribution in [3.8, 4) is 0 Å². The van der Waals surface area contributed by atoms with Crippen molar-refractivity contribution < 1.29 is 27.6 Å². The molecular weight excluding hydrogens is 473 g/mol. The van der Waals surface area contributed by atoms with Crippen LogP contribution in [0.2, 0.25) is 0 Å². The van der Waals surface area contributed by atoms with Crippen LogP contribution in [0.25, 0.3) is 0 Å². The molecule has 0 heterocycles. The number of carbonyl (C=O) groups excluding carboxylic acids is 3. The van der Waals surface area contributed by atoms with E-state index < -0.39 is 23.6 Å². The first-order valence-corrected chi connectivity index (χ1v) is 11.0. The van der Waals surface area contributed by atoms with Gasteiger partial charge >= 0.3 is 12.2 Å². The number of anilines is 2. The fraction of sp³-hybridized carbons (Fsp3) is 0.192. The van der Waals surface area contributed by atoms with Gasteiger partial charge in [-0.2, -0.15) is 13.2 Å². The maximum Gasteiger partial charge on any atom is 0.416 e. The van der Waals surface area contributed by atoms with Gasteiger partial charge in [0.2, 0.25) is 0 Å². The number of benzene rings is 3. The van der Waals surface area contributed by atoms with Crippen LogP contribution in [0.15, 0.2) is 72.8 Å². The second kappa shape index (κ2) is 11.4. The van der Waals surface area contributed by atoms with Crippen LogP contribution >= 0.6 is 0 Å². The van der Waals surface area contributed by atoms with E-state index in [1.807, 2.05) is 13.8 Å². The summed E-state index contributed by atoms with van der Waals surface area (Å²) in [5.74, 6) is -1.04. The quantitative estimate of drug-likeness (QED) is 0.350. The number of hydrogen-bond acceptors (Lipinski definition) is 3. The zero-order chi connectivity index (χ0) is 26.3. The minimum atomic E-state index is -4.53. The van der Waals surface area contributed by atoms with Crippen molar-refractivity contribution in [1.82, 2.24) is 10.6 Å². The molecule has 0 bridgehead atoms. The van der Waals surface area contributed by atoms with Gasteiger partial charge in [0, 0.05) is 35.1 Å². The first-order chi connectivity index (χ1) is 17.0. The normalized spacial score (nSPS) is 11.1. The fourth-order valence-electron chi connectivity index (χ4n) is 3.19. The molecule has 0 unspecified atom stereocenters. The molecule has 0 aromatic heterocycles. The third-order valence-corrected chi connectivity index (χ3v) is 4.92. The maximum atomic E-state index is 12.9. The molecule has 4 N–H and O–H groups in total. The van der Waals surface area contributed by atoms with Gasteiger partial charge in [-0.15, -0.1) is 0 Å². The Hall–Kier alpha value is -4.34. The fourth-order valence-corrected chi connectivity index (χ4v) is 3.19. The Bertz CT molecular complexity index is 1240. The van der Waals surface area contributed by atoms with Gasteiger partial charge in [-0.25, -0.2) is 4.79 Å². The van der Waals surface area contributed by atoms with Crippen LogP contribution < -0.4 is 21.3 Å². The van der Waals surface area contributed by atoms with Crippen LogP contribution in [-0.2, 0) is 12.7 Å². The number of carbonyl (C=O) groups is 3. The summed E-state index contributed by atoms with van der Waals surface area (Å²) in [6.07, 6.45) is -4.53. The van der Waals surface area contributed by atoms with Gasteiger partial charge in [-0.1, -0.05) is 24.3 Å². The lowest BCUT2D eigenvalue weighted by atomic mass is 10.1. The summed E-state index contributed by atoms with van der Waals surface area (Å²) in [6.45, 7) is 4.00. The molecule has 0 fully saturated rings. The van der Waals surface area contributed by atoms with Crippen molar-refractivity contribution in [1.29, 1.82) is 0 Å². The molecule has 0 aliphatic rings. The van der Waals surface area contributed by atoms with E-state index in [1.165, 1.54) is 24.3 Å². The second-order valence-corrected chi connectivity index (χ2v) is 8.25. The Kier molecular flexibility index (Phi) is 8.31. The lowest BCUT2D eigenvalue weighted by Crippen LogP contribution is -2.39. The molecule has 0 spiro atoms. The molecule has 188 valence electrons. The molecule has 0 saturated heterocycles. The highest BCUT2D eigenvalue weighted by atomic mass is 19.4. The van der Waals surface area contributed by atoms with Gasteiger partial charge in [0.15, 0.2) is 0 Å². The largest absolute Gasteiger partial charge is 0.416 e. The Labute approximate surface area is 206 Å². The van der Waals surface area contributed by atoms with Crippen LogP contribution in [0, 0.1) is 0 Å². The highest BCUT2D eigenvalue weighted by molar-refractivity contribution is 6.07. The van der Waals surface area contributed by atoms with Crippen LogP contribution in [0.3, 0.4) is 0 Å². The van der Waals surface area contributed by atoms with Gasteiger partial charge in [0.1, 0.15) is 0 Å². The first kappa shape index (κ1) is 26.3. The van der Waals surface area contributed by atoms with Crippen LogP contribution in [0.4, 0.5) is 29.3 Å². The van der Waals surface area contributed by atoms with E-state index in [-0.39, 0.29) is 23.3 Å². The summed E-state index contributed by atoms with van der Waals surface area (Å²) in [7, 11) is 0. The van der Waals surface area contributed by atoms with Gasteiger partial charge < -0.3 is 21.3 Å². The summed E-state index contributed by atoms with van der Waals surface area (Å²) in [5.41, 5.74) is 0.796. The predicted octanol–water partition coefficient (Wildman–Crippen LogP) is 5.42. The highest BCUT2D eigenvalue weighted by Crippen LogP contribution is 2.30. The maximum absolute atomic E-state index is 12.9. The van der Waals surface area contributed by atoms with E-state index in [2.05, 4.69) is 21.3 Å². The first-order valence-electron chi connectivity index (χ1n) is 11.0. The molecule has 0 aliphatic heterocycles. The van der Waals surface area contributed by atoms with Crippen molar-refractivity contribution in [2.24, 2.45) is 0 Å². The van der Waals surface area contributed by atoms with Gasteiger partial charge in [-0.3, -0.25) is 9.59 Å². The molecule has 4 amide bonds. The molecule has 7 nitrogen and oxygen atoms in total. The molecular formula is C26H25F3N4O3.